The molecule has 0 radical (unpaired) electrons. The van der Waals surface area contributed by atoms with Gasteiger partial charge in [-0.15, -0.1) is 0 Å². The number of hydrogen-bond acceptors (Lipinski definition) is 5. The Morgan fingerprint density at radius 2 is 1.96 bits per heavy atom. The third kappa shape index (κ3) is 4.70. The summed E-state index contributed by atoms with van der Waals surface area (Å²) in [6.45, 7) is 5.89. The van der Waals surface area contributed by atoms with E-state index in [2.05, 4.69) is 11.8 Å². The van der Waals surface area contributed by atoms with Gasteiger partial charge in [0, 0.05) is 19.2 Å². The highest BCUT2D eigenvalue weighted by molar-refractivity contribution is 7.91. The molecule has 0 aliphatic carbocycles. The molecular weight excluding hydrogens is 328 g/mol. The quantitative estimate of drug-likeness (QED) is 0.731. The van der Waals surface area contributed by atoms with E-state index in [-0.39, 0.29) is 29.6 Å². The Hall–Kier alpha value is -0.660. The number of carbonyl (C=O) groups is 1. The van der Waals surface area contributed by atoms with Crippen LogP contribution in [-0.2, 0) is 19.4 Å². The van der Waals surface area contributed by atoms with Gasteiger partial charge in [-0.3, -0.25) is 9.69 Å². The van der Waals surface area contributed by atoms with Crippen molar-refractivity contribution in [1.82, 2.24) is 9.80 Å². The summed E-state index contributed by atoms with van der Waals surface area (Å²) in [4.78, 5) is 16.9. The Bertz CT molecular complexity index is 537. The summed E-state index contributed by atoms with van der Waals surface area (Å²) >= 11 is 0. The maximum atomic E-state index is 12.9. The molecule has 24 heavy (non-hydrogen) atoms. The van der Waals surface area contributed by atoms with E-state index in [0.717, 1.165) is 51.3 Å². The number of hydrogen-bond donors (Lipinski definition) is 0. The van der Waals surface area contributed by atoms with Gasteiger partial charge in [0.05, 0.1) is 24.2 Å². The molecule has 3 heterocycles. The number of rotatable bonds is 5. The van der Waals surface area contributed by atoms with Crippen LogP contribution in [-0.4, -0.2) is 80.6 Å². The normalized spacial score (nSPS) is 31.4. The fourth-order valence-corrected chi connectivity index (χ4v) is 5.72. The van der Waals surface area contributed by atoms with Crippen LogP contribution in [0.2, 0.25) is 0 Å². The summed E-state index contributed by atoms with van der Waals surface area (Å²) in [5.41, 5.74) is 0. The van der Waals surface area contributed by atoms with Crippen molar-refractivity contribution in [3.05, 3.63) is 0 Å². The second-order valence-corrected chi connectivity index (χ2v) is 9.93. The molecule has 0 aromatic carbocycles. The molecule has 138 valence electrons. The van der Waals surface area contributed by atoms with Gasteiger partial charge in [-0.1, -0.05) is 6.92 Å². The van der Waals surface area contributed by atoms with Crippen molar-refractivity contribution in [1.29, 1.82) is 0 Å². The fourth-order valence-electron chi connectivity index (χ4n) is 3.99. The SMILES string of the molecule is CC1CCN(CC(=O)N(CC2CCCO2)C2CCS(=O)(=O)C2)CC1. The minimum absolute atomic E-state index is 0.0682. The van der Waals surface area contributed by atoms with Crippen LogP contribution in [0.15, 0.2) is 0 Å². The number of sulfone groups is 1. The molecule has 7 heteroatoms. The maximum Gasteiger partial charge on any atom is 0.237 e. The average molecular weight is 359 g/mol. The van der Waals surface area contributed by atoms with Crippen LogP contribution in [0.25, 0.3) is 0 Å². The number of carbonyl (C=O) groups excluding carboxylic acids is 1. The molecule has 2 atom stereocenters. The van der Waals surface area contributed by atoms with Crippen LogP contribution in [0.3, 0.4) is 0 Å². The first kappa shape index (κ1) is 18.1. The lowest BCUT2D eigenvalue weighted by atomic mass is 9.99. The zero-order valence-electron chi connectivity index (χ0n) is 14.7. The number of ether oxygens (including phenoxy) is 1. The third-order valence-electron chi connectivity index (χ3n) is 5.63. The summed E-state index contributed by atoms with van der Waals surface area (Å²) < 4.78 is 29.4. The van der Waals surface area contributed by atoms with Crippen molar-refractivity contribution in [2.75, 3.05) is 44.3 Å². The van der Waals surface area contributed by atoms with Crippen LogP contribution in [0, 0.1) is 5.92 Å². The molecule has 0 aromatic heterocycles. The van der Waals surface area contributed by atoms with Gasteiger partial charge in [0.2, 0.25) is 5.91 Å². The van der Waals surface area contributed by atoms with Crippen LogP contribution in [0.4, 0.5) is 0 Å². The predicted octanol–water partition coefficient (Wildman–Crippen LogP) is 0.913. The Morgan fingerprint density at radius 1 is 1.21 bits per heavy atom. The van der Waals surface area contributed by atoms with Gasteiger partial charge in [0.1, 0.15) is 0 Å². The predicted molar refractivity (Wildman–Crippen MR) is 92.6 cm³/mol. The van der Waals surface area contributed by atoms with Crippen molar-refractivity contribution in [3.8, 4) is 0 Å². The highest BCUT2D eigenvalue weighted by Crippen LogP contribution is 2.22. The van der Waals surface area contributed by atoms with Gasteiger partial charge in [-0.25, -0.2) is 8.42 Å². The van der Waals surface area contributed by atoms with Crippen molar-refractivity contribution < 1.29 is 17.9 Å². The van der Waals surface area contributed by atoms with Gasteiger partial charge < -0.3 is 9.64 Å². The molecule has 3 rings (SSSR count). The summed E-state index contributed by atoms with van der Waals surface area (Å²) in [6, 6.07) is -0.171. The van der Waals surface area contributed by atoms with E-state index in [4.69, 9.17) is 4.74 Å². The van der Waals surface area contributed by atoms with Crippen molar-refractivity contribution >= 4 is 15.7 Å². The molecule has 0 N–H and O–H groups in total. The minimum atomic E-state index is -3.00. The van der Waals surface area contributed by atoms with Gasteiger partial charge >= 0.3 is 0 Å². The van der Waals surface area contributed by atoms with Crippen LogP contribution in [0.5, 0.6) is 0 Å². The topological polar surface area (TPSA) is 66.9 Å². The number of nitrogens with zero attached hydrogens (tertiary/aromatic N) is 2. The lowest BCUT2D eigenvalue weighted by Crippen LogP contribution is -2.50. The van der Waals surface area contributed by atoms with E-state index >= 15 is 0 Å². The van der Waals surface area contributed by atoms with E-state index in [1.54, 1.807) is 0 Å². The summed E-state index contributed by atoms with van der Waals surface area (Å²) in [5, 5.41) is 0. The average Bonchev–Trinajstić information content (AvgIpc) is 3.16. The Kier molecular flexibility index (Phi) is 5.82. The standard InChI is InChI=1S/C17H30N2O4S/c1-14-4-7-18(8-5-14)12-17(20)19(11-16-3-2-9-23-16)15-6-10-24(21,22)13-15/h14-16H,2-13H2,1H3. The zero-order valence-corrected chi connectivity index (χ0v) is 15.5. The molecule has 6 nitrogen and oxygen atoms in total. The molecule has 3 fully saturated rings. The van der Waals surface area contributed by atoms with Gasteiger partial charge in [-0.05, 0) is 51.1 Å². The third-order valence-corrected chi connectivity index (χ3v) is 7.38. The summed E-state index contributed by atoms with van der Waals surface area (Å²) in [6.07, 6.45) is 4.90. The largest absolute Gasteiger partial charge is 0.376 e. The Labute approximate surface area is 145 Å². The highest BCUT2D eigenvalue weighted by Gasteiger charge is 2.36. The lowest BCUT2D eigenvalue weighted by molar-refractivity contribution is -0.136. The smallest absolute Gasteiger partial charge is 0.237 e. The summed E-state index contributed by atoms with van der Waals surface area (Å²) in [5.74, 6) is 1.12. The molecule has 0 saturated carbocycles. The monoisotopic (exact) mass is 358 g/mol. The second kappa shape index (κ2) is 7.70. The van der Waals surface area contributed by atoms with E-state index in [1.807, 2.05) is 4.90 Å². The van der Waals surface area contributed by atoms with E-state index < -0.39 is 9.84 Å². The van der Waals surface area contributed by atoms with Crippen molar-refractivity contribution in [3.63, 3.8) is 0 Å². The van der Waals surface area contributed by atoms with Crippen LogP contribution in [0.1, 0.15) is 39.0 Å². The number of piperidine rings is 1. The van der Waals surface area contributed by atoms with E-state index in [1.165, 1.54) is 0 Å². The molecule has 3 aliphatic rings. The first-order valence-corrected chi connectivity index (χ1v) is 11.1. The molecule has 3 aliphatic heterocycles. The Balaban J connectivity index is 1.62. The molecule has 0 spiro atoms. The number of likely N-dealkylation sites (tertiary alicyclic amines) is 1. The summed E-state index contributed by atoms with van der Waals surface area (Å²) in [7, 11) is -3.00. The van der Waals surface area contributed by atoms with Gasteiger partial charge in [0.25, 0.3) is 0 Å². The van der Waals surface area contributed by atoms with Gasteiger partial charge in [0.15, 0.2) is 9.84 Å². The molecule has 3 saturated heterocycles. The molecule has 0 aromatic rings. The first-order valence-electron chi connectivity index (χ1n) is 9.27. The zero-order chi connectivity index (χ0) is 17.2. The first-order chi connectivity index (χ1) is 11.4. The molecule has 0 bridgehead atoms. The van der Waals surface area contributed by atoms with Crippen LogP contribution >= 0.6 is 0 Å². The maximum absolute atomic E-state index is 12.9. The van der Waals surface area contributed by atoms with E-state index in [0.29, 0.717) is 19.5 Å². The van der Waals surface area contributed by atoms with Crippen molar-refractivity contribution in [2.24, 2.45) is 5.92 Å². The Morgan fingerprint density at radius 3 is 2.54 bits per heavy atom. The molecule has 2 unspecified atom stereocenters. The van der Waals surface area contributed by atoms with Crippen LogP contribution < -0.4 is 0 Å². The second-order valence-electron chi connectivity index (χ2n) is 7.70. The highest BCUT2D eigenvalue weighted by atomic mass is 32.2. The van der Waals surface area contributed by atoms with Crippen molar-refractivity contribution in [2.45, 2.75) is 51.2 Å². The number of amides is 1. The van der Waals surface area contributed by atoms with E-state index in [9.17, 15) is 13.2 Å². The lowest BCUT2D eigenvalue weighted by Gasteiger charge is -2.35. The fraction of sp³-hybridized carbons (Fsp3) is 0.941. The molecular formula is C17H30N2O4S. The molecule has 1 amide bonds. The minimum Gasteiger partial charge on any atom is -0.376 e. The van der Waals surface area contributed by atoms with Gasteiger partial charge in [-0.2, -0.15) is 0 Å².